The zero-order chi connectivity index (χ0) is 20.8. The van der Waals surface area contributed by atoms with Crippen molar-refractivity contribution in [3.8, 4) is 0 Å². The minimum absolute atomic E-state index is 0.278. The van der Waals surface area contributed by atoms with Gasteiger partial charge in [0.2, 0.25) is 0 Å². The first-order valence-corrected chi connectivity index (χ1v) is 8.79. The van der Waals surface area contributed by atoms with Crippen LogP contribution in [-0.4, -0.2) is 40.0 Å². The molecule has 1 N–H and O–H groups in total. The molecule has 9 heteroatoms. The van der Waals surface area contributed by atoms with E-state index in [1.165, 1.54) is 6.20 Å². The van der Waals surface area contributed by atoms with Gasteiger partial charge in [0, 0.05) is 6.20 Å². The second-order valence-corrected chi connectivity index (χ2v) is 8.18. The molecule has 0 aliphatic heterocycles. The Kier molecular flexibility index (Phi) is 7.53. The number of alkyl carbamates (subject to hydrolysis) is 1. The molecule has 1 heterocycles. The van der Waals surface area contributed by atoms with Gasteiger partial charge in [0.25, 0.3) is 0 Å². The fourth-order valence-electron chi connectivity index (χ4n) is 1.82. The highest BCUT2D eigenvalue weighted by molar-refractivity contribution is 7.71. The van der Waals surface area contributed by atoms with Crippen molar-refractivity contribution in [2.75, 3.05) is 0 Å². The molecule has 0 bridgehead atoms. The van der Waals surface area contributed by atoms with E-state index >= 15 is 0 Å². The summed E-state index contributed by atoms with van der Waals surface area (Å²) in [7, 11) is 0. The van der Waals surface area contributed by atoms with E-state index < -0.39 is 41.7 Å². The molecule has 0 spiro atoms. The Balaban J connectivity index is 2.88. The highest BCUT2D eigenvalue weighted by Gasteiger charge is 2.31. The number of aromatic nitrogens is 1. The fourth-order valence-corrected chi connectivity index (χ4v) is 1.99. The van der Waals surface area contributed by atoms with E-state index in [1.807, 2.05) is 0 Å². The second kappa shape index (κ2) is 8.98. The highest BCUT2D eigenvalue weighted by Crippen LogP contribution is 2.12. The van der Waals surface area contributed by atoms with Gasteiger partial charge in [0.1, 0.15) is 21.9 Å². The maximum Gasteiger partial charge on any atom is 0.408 e. The summed E-state index contributed by atoms with van der Waals surface area (Å²) >= 11 is 5.04. The van der Waals surface area contributed by atoms with E-state index in [2.05, 4.69) is 5.32 Å². The van der Waals surface area contributed by atoms with Crippen LogP contribution in [0.1, 0.15) is 48.0 Å². The molecule has 1 amide bonds. The van der Waals surface area contributed by atoms with Gasteiger partial charge < -0.3 is 19.6 Å². The maximum absolute atomic E-state index is 12.4. The summed E-state index contributed by atoms with van der Waals surface area (Å²) in [6, 6.07) is 3.63. The van der Waals surface area contributed by atoms with Gasteiger partial charge in [-0.05, 0) is 53.7 Å². The molecule has 0 aliphatic rings. The zero-order valence-electron chi connectivity index (χ0n) is 16.4. The lowest BCUT2D eigenvalue weighted by Crippen LogP contribution is -2.47. The van der Waals surface area contributed by atoms with Crippen LogP contribution >= 0.6 is 12.2 Å². The lowest BCUT2D eigenvalue weighted by molar-refractivity contribution is -0.161. The Morgan fingerprint density at radius 1 is 1.07 bits per heavy atom. The molecule has 8 nitrogen and oxygen atoms in total. The summed E-state index contributed by atoms with van der Waals surface area (Å²) in [5.41, 5.74) is -1.56. The van der Waals surface area contributed by atoms with E-state index in [1.54, 1.807) is 59.7 Å². The highest BCUT2D eigenvalue weighted by atomic mass is 32.1. The van der Waals surface area contributed by atoms with Crippen LogP contribution in [0.25, 0.3) is 0 Å². The van der Waals surface area contributed by atoms with E-state index in [9.17, 15) is 14.4 Å². The lowest BCUT2D eigenvalue weighted by Gasteiger charge is -2.25. The Hall–Kier alpha value is -2.42. The smallest absolute Gasteiger partial charge is 0.408 e. The molecule has 1 aromatic rings. The van der Waals surface area contributed by atoms with Crippen molar-refractivity contribution in [2.24, 2.45) is 0 Å². The Bertz CT molecular complexity index is 745. The molecule has 0 fully saturated rings. The van der Waals surface area contributed by atoms with Gasteiger partial charge in [-0.1, -0.05) is 18.3 Å². The largest absolute Gasteiger partial charge is 0.458 e. The summed E-state index contributed by atoms with van der Waals surface area (Å²) in [6.45, 7) is 10.1. The van der Waals surface area contributed by atoms with Crippen molar-refractivity contribution in [1.29, 1.82) is 0 Å². The van der Waals surface area contributed by atoms with Crippen molar-refractivity contribution in [3.63, 3.8) is 0 Å². The van der Waals surface area contributed by atoms with Crippen LogP contribution < -0.4 is 10.2 Å². The Labute approximate surface area is 163 Å². The van der Waals surface area contributed by atoms with E-state index in [0.29, 0.717) is 0 Å². The number of pyridine rings is 1. The number of amides is 1. The maximum atomic E-state index is 12.4. The summed E-state index contributed by atoms with van der Waals surface area (Å²) in [6.07, 6.45) is 0.164. The summed E-state index contributed by atoms with van der Waals surface area (Å²) in [5, 5.41) is 2.36. The van der Waals surface area contributed by atoms with Crippen LogP contribution in [0.5, 0.6) is 0 Å². The number of nitrogens with zero attached hydrogens (tertiary/aromatic N) is 1. The number of esters is 1. The number of carbonyl (C=O) groups is 3. The molecule has 0 aliphatic carbocycles. The molecular weight excluding hydrogens is 372 g/mol. The summed E-state index contributed by atoms with van der Waals surface area (Å²) in [4.78, 5) is 41.7. The third kappa shape index (κ3) is 9.18. The molecule has 0 saturated carbocycles. The third-order valence-electron chi connectivity index (χ3n) is 2.74. The van der Waals surface area contributed by atoms with Crippen molar-refractivity contribution in [1.82, 2.24) is 10.0 Å². The number of nitrogens with one attached hydrogen (secondary N) is 1. The van der Waals surface area contributed by atoms with E-state index in [0.717, 1.165) is 4.73 Å². The SMILES string of the molecule is CC(C)(C)OC(=O)N[C@@H](CC(=O)On1ccccc1=S)C(=O)OC(C)(C)C. The van der Waals surface area contributed by atoms with Crippen LogP contribution in [0.4, 0.5) is 4.79 Å². The van der Waals surface area contributed by atoms with Crippen LogP contribution in [-0.2, 0) is 19.1 Å². The Morgan fingerprint density at radius 2 is 1.67 bits per heavy atom. The summed E-state index contributed by atoms with van der Waals surface area (Å²) in [5.74, 6) is -1.55. The van der Waals surface area contributed by atoms with Crippen LogP contribution in [0.15, 0.2) is 24.4 Å². The van der Waals surface area contributed by atoms with Gasteiger partial charge in [-0.15, -0.1) is 0 Å². The predicted octanol–water partition coefficient (Wildman–Crippen LogP) is 2.80. The van der Waals surface area contributed by atoms with Crippen molar-refractivity contribution >= 4 is 30.2 Å². The van der Waals surface area contributed by atoms with E-state index in [-0.39, 0.29) is 4.64 Å². The molecule has 150 valence electrons. The standard InChI is InChI=1S/C18H26N2O6S/c1-17(2,3)24-15(22)12(19-16(23)25-18(4,5)6)11-14(21)26-20-10-8-7-9-13(20)27/h7-10,12H,11H2,1-6H3,(H,19,23)/t12-/m0/s1. The predicted molar refractivity (Wildman–Crippen MR) is 100 cm³/mol. The molecule has 1 rings (SSSR count). The van der Waals surface area contributed by atoms with Gasteiger partial charge in [0.15, 0.2) is 0 Å². The van der Waals surface area contributed by atoms with Crippen molar-refractivity contribution < 1.29 is 28.7 Å². The molecule has 0 saturated heterocycles. The van der Waals surface area contributed by atoms with Gasteiger partial charge >= 0.3 is 18.0 Å². The number of hydrogen-bond donors (Lipinski definition) is 1. The molecule has 1 atom stereocenters. The first-order valence-electron chi connectivity index (χ1n) is 8.38. The van der Waals surface area contributed by atoms with Crippen molar-refractivity contribution in [3.05, 3.63) is 29.0 Å². The van der Waals surface area contributed by atoms with E-state index in [4.69, 9.17) is 26.5 Å². The molecular formula is C18H26N2O6S. The molecule has 0 aromatic carbocycles. The Morgan fingerprint density at radius 3 is 2.19 bits per heavy atom. The van der Waals surface area contributed by atoms with Crippen molar-refractivity contribution in [2.45, 2.75) is 65.2 Å². The van der Waals surface area contributed by atoms with Gasteiger partial charge in [-0.3, -0.25) is 0 Å². The van der Waals surface area contributed by atoms with Crippen LogP contribution in [0.2, 0.25) is 0 Å². The third-order valence-corrected chi connectivity index (χ3v) is 3.06. The van der Waals surface area contributed by atoms with Crippen LogP contribution in [0.3, 0.4) is 0 Å². The van der Waals surface area contributed by atoms with Gasteiger partial charge in [-0.2, -0.15) is 4.73 Å². The van der Waals surface area contributed by atoms with Gasteiger partial charge in [0.05, 0.1) is 6.42 Å². The quantitative estimate of drug-likeness (QED) is 0.602. The molecule has 0 radical (unpaired) electrons. The molecule has 1 aromatic heterocycles. The average Bonchev–Trinajstić information content (AvgIpc) is 2.45. The van der Waals surface area contributed by atoms with Gasteiger partial charge in [-0.25, -0.2) is 14.4 Å². The monoisotopic (exact) mass is 398 g/mol. The number of rotatable bonds is 5. The zero-order valence-corrected chi connectivity index (χ0v) is 17.2. The lowest BCUT2D eigenvalue weighted by atomic mass is 10.1. The average molecular weight is 398 g/mol. The topological polar surface area (TPSA) is 95.9 Å². The molecule has 0 unspecified atom stereocenters. The first-order chi connectivity index (χ1) is 12.3. The van der Waals surface area contributed by atoms with Crippen LogP contribution in [0, 0.1) is 4.64 Å². The first kappa shape index (κ1) is 22.6. The number of ether oxygens (including phenoxy) is 2. The normalized spacial score (nSPS) is 12.7. The minimum Gasteiger partial charge on any atom is -0.458 e. The minimum atomic E-state index is -1.27. The fraction of sp³-hybridized carbons (Fsp3) is 0.556. The number of carbonyl (C=O) groups excluding carboxylic acids is 3. The summed E-state index contributed by atoms with van der Waals surface area (Å²) < 4.78 is 11.8. The molecule has 27 heavy (non-hydrogen) atoms. The second-order valence-electron chi connectivity index (χ2n) is 7.76. The number of hydrogen-bond acceptors (Lipinski definition) is 7.